The summed E-state index contributed by atoms with van der Waals surface area (Å²) in [7, 11) is 0. The first-order chi connectivity index (χ1) is 7.34. The highest BCUT2D eigenvalue weighted by Gasteiger charge is 2.22. The minimum Gasteiger partial charge on any atom is -0.481 e. The maximum atomic E-state index is 11.3. The van der Waals surface area contributed by atoms with Crippen LogP contribution in [0.15, 0.2) is 0 Å². The number of amides is 1. The van der Waals surface area contributed by atoms with Gasteiger partial charge in [0.15, 0.2) is 0 Å². The summed E-state index contributed by atoms with van der Waals surface area (Å²) < 4.78 is 0. The molecule has 0 rings (SSSR count). The average Bonchev–Trinajstić information content (AvgIpc) is 2.12. The Bertz CT molecular complexity index is 280. The SMILES string of the molecule is CC(C)[C@H](NC(=O)CCCC(=O)O)C(=O)O.Cl. The molecule has 17 heavy (non-hydrogen) atoms. The number of carboxylic acids is 2. The number of hydrogen-bond donors (Lipinski definition) is 3. The molecule has 0 aliphatic rings. The second-order valence-electron chi connectivity index (χ2n) is 3.87. The molecule has 1 amide bonds. The van der Waals surface area contributed by atoms with E-state index in [9.17, 15) is 14.4 Å². The standard InChI is InChI=1S/C10H17NO5.ClH/c1-6(2)9(10(15)16)11-7(12)4-3-5-8(13)14;/h6,9H,3-5H2,1-2H3,(H,11,12)(H,13,14)(H,15,16);1H/t9-;/m0./s1. The van der Waals surface area contributed by atoms with Crippen LogP contribution in [0.1, 0.15) is 33.1 Å². The maximum Gasteiger partial charge on any atom is 0.326 e. The zero-order valence-corrected chi connectivity index (χ0v) is 10.6. The quantitative estimate of drug-likeness (QED) is 0.635. The number of carbonyl (C=O) groups excluding carboxylic acids is 1. The molecule has 0 aliphatic carbocycles. The number of nitrogens with one attached hydrogen (secondary N) is 1. The van der Waals surface area contributed by atoms with Gasteiger partial charge in [0.1, 0.15) is 6.04 Å². The van der Waals surface area contributed by atoms with Crippen molar-refractivity contribution in [2.75, 3.05) is 0 Å². The molecule has 6 nitrogen and oxygen atoms in total. The number of hydrogen-bond acceptors (Lipinski definition) is 3. The van der Waals surface area contributed by atoms with Crippen LogP contribution in [0, 0.1) is 5.92 Å². The van der Waals surface area contributed by atoms with Crippen molar-refractivity contribution in [1.29, 1.82) is 0 Å². The highest BCUT2D eigenvalue weighted by atomic mass is 35.5. The van der Waals surface area contributed by atoms with Crippen molar-refractivity contribution >= 4 is 30.3 Å². The fourth-order valence-corrected chi connectivity index (χ4v) is 1.16. The molecule has 100 valence electrons. The molecule has 3 N–H and O–H groups in total. The van der Waals surface area contributed by atoms with Crippen molar-refractivity contribution in [2.24, 2.45) is 5.92 Å². The van der Waals surface area contributed by atoms with Gasteiger partial charge in [-0.25, -0.2) is 4.79 Å². The predicted octanol–water partition coefficient (Wildman–Crippen LogP) is 0.888. The van der Waals surface area contributed by atoms with E-state index < -0.39 is 23.9 Å². The minimum absolute atomic E-state index is 0. The average molecular weight is 268 g/mol. The van der Waals surface area contributed by atoms with Gasteiger partial charge in [-0.05, 0) is 12.3 Å². The van der Waals surface area contributed by atoms with Crippen LogP contribution in [0.3, 0.4) is 0 Å². The highest BCUT2D eigenvalue weighted by molar-refractivity contribution is 5.85. The second kappa shape index (κ2) is 8.81. The first-order valence-corrected chi connectivity index (χ1v) is 5.08. The lowest BCUT2D eigenvalue weighted by Gasteiger charge is -2.17. The fourth-order valence-electron chi connectivity index (χ4n) is 1.16. The Kier molecular flexibility index (Phi) is 9.36. The van der Waals surface area contributed by atoms with Crippen molar-refractivity contribution in [3.63, 3.8) is 0 Å². The number of carboxylic acid groups (broad SMARTS) is 2. The van der Waals surface area contributed by atoms with Gasteiger partial charge in [-0.15, -0.1) is 12.4 Å². The third-order valence-electron chi connectivity index (χ3n) is 2.04. The van der Waals surface area contributed by atoms with Gasteiger partial charge in [-0.3, -0.25) is 9.59 Å². The van der Waals surface area contributed by atoms with Crippen LogP contribution in [0.2, 0.25) is 0 Å². The van der Waals surface area contributed by atoms with Crippen molar-refractivity contribution < 1.29 is 24.6 Å². The zero-order valence-electron chi connectivity index (χ0n) is 9.80. The Morgan fingerprint density at radius 3 is 2.00 bits per heavy atom. The summed E-state index contributed by atoms with van der Waals surface area (Å²) in [5.74, 6) is -2.68. The normalized spacial score (nSPS) is 11.5. The van der Waals surface area contributed by atoms with Crippen LogP contribution in [0.4, 0.5) is 0 Å². The molecule has 0 aromatic carbocycles. The van der Waals surface area contributed by atoms with E-state index in [-0.39, 0.29) is 37.6 Å². The molecule has 0 unspecified atom stereocenters. The molecule has 1 atom stereocenters. The molecule has 0 spiro atoms. The van der Waals surface area contributed by atoms with E-state index in [1.165, 1.54) is 0 Å². The van der Waals surface area contributed by atoms with Crippen molar-refractivity contribution in [2.45, 2.75) is 39.2 Å². The summed E-state index contributed by atoms with van der Waals surface area (Å²) in [6, 6.07) is -0.919. The lowest BCUT2D eigenvalue weighted by molar-refractivity contribution is -0.143. The Labute approximate surface area is 106 Å². The Morgan fingerprint density at radius 2 is 1.65 bits per heavy atom. The Hall–Kier alpha value is -1.30. The van der Waals surface area contributed by atoms with Gasteiger partial charge >= 0.3 is 11.9 Å². The molecule has 0 radical (unpaired) electrons. The van der Waals surface area contributed by atoms with Gasteiger partial charge in [-0.1, -0.05) is 13.8 Å². The summed E-state index contributed by atoms with van der Waals surface area (Å²) in [6.07, 6.45) is 0.154. The monoisotopic (exact) mass is 267 g/mol. The van der Waals surface area contributed by atoms with Gasteiger partial charge < -0.3 is 15.5 Å². The Morgan fingerprint density at radius 1 is 1.12 bits per heavy atom. The van der Waals surface area contributed by atoms with Crippen LogP contribution in [-0.4, -0.2) is 34.1 Å². The molecule has 0 aliphatic heterocycles. The van der Waals surface area contributed by atoms with Crippen molar-refractivity contribution in [1.82, 2.24) is 5.32 Å². The largest absolute Gasteiger partial charge is 0.481 e. The van der Waals surface area contributed by atoms with E-state index in [0.717, 1.165) is 0 Å². The van der Waals surface area contributed by atoms with Crippen LogP contribution >= 0.6 is 12.4 Å². The maximum absolute atomic E-state index is 11.3. The summed E-state index contributed by atoms with van der Waals surface area (Å²) in [5, 5.41) is 19.5. The summed E-state index contributed by atoms with van der Waals surface area (Å²) in [6.45, 7) is 3.38. The van der Waals surface area contributed by atoms with E-state index in [1.54, 1.807) is 13.8 Å². The van der Waals surface area contributed by atoms with E-state index in [1.807, 2.05) is 0 Å². The van der Waals surface area contributed by atoms with Gasteiger partial charge in [0.2, 0.25) is 5.91 Å². The van der Waals surface area contributed by atoms with Gasteiger partial charge in [0.25, 0.3) is 0 Å². The molecule has 0 saturated heterocycles. The number of rotatable bonds is 7. The number of halogens is 1. The first kappa shape index (κ1) is 18.1. The van der Waals surface area contributed by atoms with Crippen LogP contribution in [0.5, 0.6) is 0 Å². The number of aliphatic carboxylic acids is 2. The molecule has 0 heterocycles. The first-order valence-electron chi connectivity index (χ1n) is 5.08. The van der Waals surface area contributed by atoms with E-state index in [4.69, 9.17) is 10.2 Å². The van der Waals surface area contributed by atoms with Gasteiger partial charge in [0, 0.05) is 12.8 Å². The van der Waals surface area contributed by atoms with Crippen LogP contribution in [-0.2, 0) is 14.4 Å². The Balaban J connectivity index is 0. The molecular formula is C10H18ClNO5. The van der Waals surface area contributed by atoms with E-state index >= 15 is 0 Å². The predicted molar refractivity (Wildman–Crippen MR) is 63.1 cm³/mol. The topological polar surface area (TPSA) is 104 Å². The molecule has 0 aromatic heterocycles. The lowest BCUT2D eigenvalue weighted by Crippen LogP contribution is -2.44. The summed E-state index contributed by atoms with van der Waals surface area (Å²) in [5.41, 5.74) is 0. The second-order valence-corrected chi connectivity index (χ2v) is 3.87. The third-order valence-corrected chi connectivity index (χ3v) is 2.04. The third kappa shape index (κ3) is 8.50. The van der Waals surface area contributed by atoms with Gasteiger partial charge in [-0.2, -0.15) is 0 Å². The van der Waals surface area contributed by atoms with E-state index in [2.05, 4.69) is 5.32 Å². The molecule has 0 bridgehead atoms. The lowest BCUT2D eigenvalue weighted by atomic mass is 10.0. The summed E-state index contributed by atoms with van der Waals surface area (Å²) in [4.78, 5) is 32.2. The minimum atomic E-state index is -1.08. The zero-order chi connectivity index (χ0) is 12.7. The van der Waals surface area contributed by atoms with Crippen LogP contribution < -0.4 is 5.32 Å². The van der Waals surface area contributed by atoms with Crippen LogP contribution in [0.25, 0.3) is 0 Å². The van der Waals surface area contributed by atoms with Gasteiger partial charge in [0.05, 0.1) is 0 Å². The van der Waals surface area contributed by atoms with Crippen molar-refractivity contribution in [3.8, 4) is 0 Å². The molecule has 0 fully saturated rings. The molecule has 0 aromatic rings. The van der Waals surface area contributed by atoms with E-state index in [0.29, 0.717) is 0 Å². The molecule has 0 saturated carbocycles. The highest BCUT2D eigenvalue weighted by Crippen LogP contribution is 2.03. The fraction of sp³-hybridized carbons (Fsp3) is 0.700. The number of carbonyl (C=O) groups is 3. The molecule has 7 heteroatoms. The smallest absolute Gasteiger partial charge is 0.326 e. The summed E-state index contributed by atoms with van der Waals surface area (Å²) >= 11 is 0. The molecular weight excluding hydrogens is 250 g/mol. The van der Waals surface area contributed by atoms with Crippen molar-refractivity contribution in [3.05, 3.63) is 0 Å².